The highest BCUT2D eigenvalue weighted by Gasteiger charge is 2.23. The average Bonchev–Trinajstić information content (AvgIpc) is 3.01. The monoisotopic (exact) mass is 370 g/mol. The summed E-state index contributed by atoms with van der Waals surface area (Å²) in [5, 5.41) is 13.8. The summed E-state index contributed by atoms with van der Waals surface area (Å²) >= 11 is 0. The predicted octanol–water partition coefficient (Wildman–Crippen LogP) is 3.20. The zero-order valence-electron chi connectivity index (χ0n) is 14.4. The van der Waals surface area contributed by atoms with E-state index < -0.39 is 15.8 Å². The van der Waals surface area contributed by atoms with Gasteiger partial charge in [-0.1, -0.05) is 37.3 Å². The van der Waals surface area contributed by atoms with E-state index in [4.69, 9.17) is 0 Å². The van der Waals surface area contributed by atoms with Crippen LogP contribution in [0.15, 0.2) is 59.5 Å². The van der Waals surface area contributed by atoms with Crippen molar-refractivity contribution in [2.75, 3.05) is 6.26 Å². The van der Waals surface area contributed by atoms with Crippen LogP contribution in [0.5, 0.6) is 0 Å². The molecule has 0 bridgehead atoms. The second kappa shape index (κ2) is 6.76. The number of rotatable bonds is 5. The van der Waals surface area contributed by atoms with E-state index in [1.165, 1.54) is 12.1 Å². The topological polar surface area (TPSA) is 89.3 Å². The first-order valence-corrected chi connectivity index (χ1v) is 9.93. The third-order valence-corrected chi connectivity index (χ3v) is 5.22. The number of aromatic nitrogens is 2. The Balaban J connectivity index is 2.26. The number of carboxylic acid groups (broad SMARTS) is 1. The minimum atomic E-state index is -3.30. The molecule has 2 aromatic carbocycles. The second-order valence-electron chi connectivity index (χ2n) is 5.88. The molecule has 0 atom stereocenters. The van der Waals surface area contributed by atoms with Gasteiger partial charge in [0.2, 0.25) is 0 Å². The Bertz CT molecular complexity index is 1050. The Hall–Kier alpha value is -2.93. The van der Waals surface area contributed by atoms with Gasteiger partial charge in [-0.15, -0.1) is 0 Å². The van der Waals surface area contributed by atoms with E-state index in [-0.39, 0.29) is 10.6 Å². The molecule has 0 fully saturated rings. The number of carbonyl (C=O) groups is 1. The SMILES string of the molecule is CCc1c(C(=O)O)nn(-c2ccccc2)c1-c1ccc(S(C)(=O)=O)cc1. The minimum absolute atomic E-state index is 0.00135. The van der Waals surface area contributed by atoms with Gasteiger partial charge >= 0.3 is 5.97 Å². The summed E-state index contributed by atoms with van der Waals surface area (Å²) in [7, 11) is -3.30. The van der Waals surface area contributed by atoms with Crippen molar-refractivity contribution in [3.05, 3.63) is 65.9 Å². The molecule has 0 radical (unpaired) electrons. The normalized spacial score (nSPS) is 11.5. The summed E-state index contributed by atoms with van der Waals surface area (Å²) in [6.07, 6.45) is 1.63. The van der Waals surface area contributed by atoms with Crippen molar-refractivity contribution in [3.8, 4) is 16.9 Å². The molecule has 134 valence electrons. The van der Waals surface area contributed by atoms with Gasteiger partial charge in [0, 0.05) is 17.4 Å². The van der Waals surface area contributed by atoms with Crippen LogP contribution in [0.4, 0.5) is 0 Å². The van der Waals surface area contributed by atoms with Crippen LogP contribution in [-0.2, 0) is 16.3 Å². The van der Waals surface area contributed by atoms with Gasteiger partial charge < -0.3 is 5.11 Å². The first-order chi connectivity index (χ1) is 12.3. The molecule has 3 rings (SSSR count). The van der Waals surface area contributed by atoms with Gasteiger partial charge in [0.15, 0.2) is 15.5 Å². The Morgan fingerprint density at radius 3 is 2.19 bits per heavy atom. The molecule has 26 heavy (non-hydrogen) atoms. The van der Waals surface area contributed by atoms with Crippen LogP contribution in [0.3, 0.4) is 0 Å². The number of para-hydroxylation sites is 1. The fourth-order valence-corrected chi connectivity index (χ4v) is 3.50. The molecular weight excluding hydrogens is 352 g/mol. The van der Waals surface area contributed by atoms with E-state index >= 15 is 0 Å². The van der Waals surface area contributed by atoms with Gasteiger partial charge in [0.1, 0.15) is 0 Å². The molecule has 3 aromatic rings. The van der Waals surface area contributed by atoms with Crippen LogP contribution in [-0.4, -0.2) is 35.5 Å². The number of carboxylic acids is 1. The van der Waals surface area contributed by atoms with Crippen molar-refractivity contribution in [2.24, 2.45) is 0 Å². The van der Waals surface area contributed by atoms with Crippen molar-refractivity contribution in [1.29, 1.82) is 0 Å². The maximum absolute atomic E-state index is 11.7. The number of nitrogens with zero attached hydrogens (tertiary/aromatic N) is 2. The van der Waals surface area contributed by atoms with Crippen LogP contribution >= 0.6 is 0 Å². The molecule has 1 heterocycles. The lowest BCUT2D eigenvalue weighted by molar-refractivity contribution is 0.0689. The van der Waals surface area contributed by atoms with Gasteiger partial charge in [-0.2, -0.15) is 5.10 Å². The summed E-state index contributed by atoms with van der Waals surface area (Å²) < 4.78 is 25.0. The molecule has 0 aliphatic rings. The van der Waals surface area contributed by atoms with Gasteiger partial charge in [-0.05, 0) is 30.7 Å². The maximum Gasteiger partial charge on any atom is 0.356 e. The zero-order valence-corrected chi connectivity index (χ0v) is 15.2. The summed E-state index contributed by atoms with van der Waals surface area (Å²) in [4.78, 5) is 11.9. The minimum Gasteiger partial charge on any atom is -0.476 e. The van der Waals surface area contributed by atoms with Gasteiger partial charge in [-0.3, -0.25) is 0 Å². The fraction of sp³-hybridized carbons (Fsp3) is 0.158. The van der Waals surface area contributed by atoms with Crippen molar-refractivity contribution < 1.29 is 18.3 Å². The third kappa shape index (κ3) is 3.25. The van der Waals surface area contributed by atoms with Gasteiger partial charge in [-0.25, -0.2) is 17.9 Å². The molecule has 0 saturated carbocycles. The Morgan fingerprint density at radius 2 is 1.69 bits per heavy atom. The smallest absolute Gasteiger partial charge is 0.356 e. The molecule has 7 heteroatoms. The molecule has 0 saturated heterocycles. The number of sulfone groups is 1. The predicted molar refractivity (Wildman–Crippen MR) is 98.4 cm³/mol. The highest BCUT2D eigenvalue weighted by molar-refractivity contribution is 7.90. The lowest BCUT2D eigenvalue weighted by Gasteiger charge is -2.10. The third-order valence-electron chi connectivity index (χ3n) is 4.10. The summed E-state index contributed by atoms with van der Waals surface area (Å²) in [5.74, 6) is -1.09. The number of aromatic carboxylic acids is 1. The van der Waals surface area contributed by atoms with Crippen LogP contribution in [0.2, 0.25) is 0 Å². The first kappa shape index (κ1) is 17.9. The van der Waals surface area contributed by atoms with Crippen molar-refractivity contribution in [3.63, 3.8) is 0 Å². The van der Waals surface area contributed by atoms with Gasteiger partial charge in [0.05, 0.1) is 16.3 Å². The standard InChI is InChI=1S/C19H18N2O4S/c1-3-16-17(19(22)23)20-21(14-7-5-4-6-8-14)18(16)13-9-11-15(12-10-13)26(2,24)25/h4-12H,3H2,1-2H3,(H,22,23). The van der Waals surface area contributed by atoms with E-state index in [1.54, 1.807) is 16.8 Å². The quantitative estimate of drug-likeness (QED) is 0.745. The maximum atomic E-state index is 11.7. The fourth-order valence-electron chi connectivity index (χ4n) is 2.87. The van der Waals surface area contributed by atoms with Crippen molar-refractivity contribution in [2.45, 2.75) is 18.2 Å². The van der Waals surface area contributed by atoms with E-state index in [1.807, 2.05) is 37.3 Å². The lowest BCUT2D eigenvalue weighted by Crippen LogP contribution is -2.02. The Labute approximate surface area is 151 Å². The Morgan fingerprint density at radius 1 is 1.08 bits per heavy atom. The highest BCUT2D eigenvalue weighted by Crippen LogP contribution is 2.30. The van der Waals surface area contributed by atoms with E-state index in [0.29, 0.717) is 23.2 Å². The van der Waals surface area contributed by atoms with Crippen LogP contribution in [0.25, 0.3) is 16.9 Å². The number of hydrogen-bond donors (Lipinski definition) is 1. The lowest BCUT2D eigenvalue weighted by atomic mass is 10.0. The molecule has 1 aromatic heterocycles. The summed E-state index contributed by atoms with van der Waals surface area (Å²) in [6, 6.07) is 15.6. The molecular formula is C19H18N2O4S. The molecule has 0 spiro atoms. The molecule has 0 unspecified atom stereocenters. The molecule has 6 nitrogen and oxygen atoms in total. The van der Waals surface area contributed by atoms with Crippen molar-refractivity contribution in [1.82, 2.24) is 9.78 Å². The first-order valence-electron chi connectivity index (χ1n) is 8.04. The second-order valence-corrected chi connectivity index (χ2v) is 7.89. The molecule has 0 aliphatic heterocycles. The van der Waals surface area contributed by atoms with Crippen LogP contribution in [0, 0.1) is 0 Å². The summed E-state index contributed by atoms with van der Waals surface area (Å²) in [5.41, 5.74) is 2.69. The van der Waals surface area contributed by atoms with Crippen molar-refractivity contribution >= 4 is 15.8 Å². The molecule has 0 aliphatic carbocycles. The summed E-state index contributed by atoms with van der Waals surface area (Å²) in [6.45, 7) is 1.87. The van der Waals surface area contributed by atoms with E-state index in [2.05, 4.69) is 5.10 Å². The average molecular weight is 370 g/mol. The van der Waals surface area contributed by atoms with E-state index in [9.17, 15) is 18.3 Å². The van der Waals surface area contributed by atoms with Gasteiger partial charge in [0.25, 0.3) is 0 Å². The van der Waals surface area contributed by atoms with E-state index in [0.717, 1.165) is 11.9 Å². The number of hydrogen-bond acceptors (Lipinski definition) is 4. The largest absolute Gasteiger partial charge is 0.476 e. The molecule has 0 amide bonds. The number of benzene rings is 2. The zero-order chi connectivity index (χ0) is 18.9. The Kier molecular flexibility index (Phi) is 4.65. The molecule has 1 N–H and O–H groups in total. The van der Waals surface area contributed by atoms with Crippen LogP contribution < -0.4 is 0 Å². The van der Waals surface area contributed by atoms with Crippen LogP contribution in [0.1, 0.15) is 23.0 Å². The highest BCUT2D eigenvalue weighted by atomic mass is 32.2.